The lowest BCUT2D eigenvalue weighted by Gasteiger charge is -2.34. The molecule has 9 heteroatoms. The number of piperidine rings is 1. The molecule has 0 unspecified atom stereocenters. The van der Waals surface area contributed by atoms with Crippen LogP contribution in [-0.4, -0.2) is 79.3 Å². The highest BCUT2D eigenvalue weighted by molar-refractivity contribution is 6.02. The predicted molar refractivity (Wildman–Crippen MR) is 149 cm³/mol. The van der Waals surface area contributed by atoms with Crippen LogP contribution in [0.1, 0.15) is 78.7 Å². The van der Waals surface area contributed by atoms with E-state index in [4.69, 9.17) is 29.3 Å². The molecule has 0 bridgehead atoms. The van der Waals surface area contributed by atoms with Crippen LogP contribution >= 0.6 is 0 Å². The Hall–Kier alpha value is -2.88. The van der Waals surface area contributed by atoms with Crippen molar-refractivity contribution in [1.82, 2.24) is 19.7 Å². The number of pyridine rings is 2. The van der Waals surface area contributed by atoms with Gasteiger partial charge in [-0.05, 0) is 62.6 Å². The fourth-order valence-electron chi connectivity index (χ4n) is 6.23. The van der Waals surface area contributed by atoms with Crippen molar-refractivity contribution in [2.24, 2.45) is 5.92 Å². The van der Waals surface area contributed by atoms with E-state index in [0.717, 1.165) is 105 Å². The topological polar surface area (TPSA) is 91.6 Å². The first-order valence-electron chi connectivity index (χ1n) is 14.4. The number of carbonyl (C=O) groups excluding carboxylic acids is 1. The zero-order chi connectivity index (χ0) is 26.8. The summed E-state index contributed by atoms with van der Waals surface area (Å²) in [4.78, 5) is 25.2. The Morgan fingerprint density at radius 1 is 1.03 bits per heavy atom. The zero-order valence-corrected chi connectivity index (χ0v) is 23.1. The van der Waals surface area contributed by atoms with Gasteiger partial charge in [-0.25, -0.2) is 9.67 Å². The lowest BCUT2D eigenvalue weighted by atomic mass is 9.81. The van der Waals surface area contributed by atoms with Crippen molar-refractivity contribution in [2.45, 2.75) is 56.8 Å². The van der Waals surface area contributed by atoms with E-state index in [0.29, 0.717) is 23.4 Å². The molecule has 3 aromatic heterocycles. The number of methoxy groups -OCH3 is 2. The maximum Gasteiger partial charge on any atom is 0.206 e. The molecular weight excluding hydrogens is 494 g/mol. The maximum atomic E-state index is 13.1. The standard InChI is InChI=1S/C30H39N5O4/c1-37-18-20-7-12-34(13-8-20)26-17-25(27(36)19-38-2)32-30-28(26)29(22-4-3-5-22)33-35(30)23-6-11-31-24(16-23)21-9-14-39-15-10-21/h6,11,16-17,20-22H,3-5,7-10,12-15,18-19H2,1-2H3. The fourth-order valence-corrected chi connectivity index (χ4v) is 6.23. The van der Waals surface area contributed by atoms with Crippen molar-refractivity contribution in [1.29, 1.82) is 0 Å². The first-order chi connectivity index (χ1) is 19.2. The van der Waals surface area contributed by atoms with Crippen LogP contribution in [0.15, 0.2) is 24.4 Å². The smallest absolute Gasteiger partial charge is 0.206 e. The Labute approximate surface area is 229 Å². The van der Waals surface area contributed by atoms with E-state index in [1.807, 2.05) is 23.0 Å². The Bertz CT molecular complexity index is 1310. The number of carbonyl (C=O) groups is 1. The fraction of sp³-hybridized carbons (Fsp3) is 0.600. The predicted octanol–water partition coefficient (Wildman–Crippen LogP) is 4.67. The second-order valence-electron chi connectivity index (χ2n) is 11.2. The molecule has 2 aliphatic heterocycles. The normalized spacial score (nSPS) is 19.5. The van der Waals surface area contributed by atoms with Crippen LogP contribution in [0.4, 0.5) is 5.69 Å². The first kappa shape index (κ1) is 26.3. The molecule has 2 saturated heterocycles. The number of fused-ring (bicyclic) bond motifs is 1. The lowest BCUT2D eigenvalue weighted by molar-refractivity contribution is 0.0842. The van der Waals surface area contributed by atoms with Gasteiger partial charge in [0, 0.05) is 70.9 Å². The Balaban J connectivity index is 1.48. The molecule has 3 fully saturated rings. The number of hydrogen-bond acceptors (Lipinski definition) is 8. The van der Waals surface area contributed by atoms with Crippen LogP contribution in [-0.2, 0) is 14.2 Å². The van der Waals surface area contributed by atoms with Crippen LogP contribution in [0.3, 0.4) is 0 Å². The molecule has 0 N–H and O–H groups in total. The van der Waals surface area contributed by atoms with Gasteiger partial charge in [0.2, 0.25) is 5.78 Å². The van der Waals surface area contributed by atoms with Crippen molar-refractivity contribution < 1.29 is 19.0 Å². The molecule has 1 aliphatic carbocycles. The molecule has 6 rings (SSSR count). The highest BCUT2D eigenvalue weighted by Crippen LogP contribution is 2.43. The highest BCUT2D eigenvalue weighted by atomic mass is 16.5. The van der Waals surface area contributed by atoms with Gasteiger partial charge in [-0.3, -0.25) is 9.78 Å². The van der Waals surface area contributed by atoms with E-state index in [-0.39, 0.29) is 12.4 Å². The molecule has 0 amide bonds. The van der Waals surface area contributed by atoms with Crippen molar-refractivity contribution >= 4 is 22.5 Å². The molecule has 0 radical (unpaired) electrons. The number of nitrogens with zero attached hydrogens (tertiary/aromatic N) is 5. The summed E-state index contributed by atoms with van der Waals surface area (Å²) in [5, 5.41) is 6.31. The third-order valence-electron chi connectivity index (χ3n) is 8.70. The monoisotopic (exact) mass is 533 g/mol. The number of anilines is 1. The number of rotatable bonds is 9. The molecule has 3 aliphatic rings. The van der Waals surface area contributed by atoms with Gasteiger partial charge in [-0.15, -0.1) is 0 Å². The van der Waals surface area contributed by atoms with Crippen LogP contribution in [0.2, 0.25) is 0 Å². The quantitative estimate of drug-likeness (QED) is 0.367. The SMILES string of the molecule is COCC(=O)c1cc(N2CCC(COC)CC2)c2c(C3CCC3)nn(-c3ccnc(C4CCOCC4)c3)c2n1. The van der Waals surface area contributed by atoms with E-state index >= 15 is 0 Å². The number of ketones is 1. The van der Waals surface area contributed by atoms with Gasteiger partial charge in [-0.1, -0.05) is 6.42 Å². The average molecular weight is 534 g/mol. The summed E-state index contributed by atoms with van der Waals surface area (Å²) in [7, 11) is 3.32. The molecule has 0 atom stereocenters. The molecule has 5 heterocycles. The number of aromatic nitrogens is 4. The molecule has 3 aromatic rings. The number of Topliss-reactive ketones (excluding diaryl/α,β-unsaturated/α-hetero) is 1. The molecule has 39 heavy (non-hydrogen) atoms. The van der Waals surface area contributed by atoms with Crippen molar-refractivity contribution in [3.05, 3.63) is 41.5 Å². The van der Waals surface area contributed by atoms with Crippen LogP contribution < -0.4 is 4.90 Å². The molecule has 9 nitrogen and oxygen atoms in total. The van der Waals surface area contributed by atoms with E-state index < -0.39 is 0 Å². The minimum absolute atomic E-state index is 0.000630. The summed E-state index contributed by atoms with van der Waals surface area (Å²) in [6.07, 6.45) is 9.43. The Morgan fingerprint density at radius 3 is 2.51 bits per heavy atom. The molecule has 0 aromatic carbocycles. The van der Waals surface area contributed by atoms with Gasteiger partial charge in [-0.2, -0.15) is 5.10 Å². The number of hydrogen-bond donors (Lipinski definition) is 0. The van der Waals surface area contributed by atoms with Gasteiger partial charge >= 0.3 is 0 Å². The summed E-state index contributed by atoms with van der Waals surface area (Å²) in [5.41, 5.74) is 5.36. The largest absolute Gasteiger partial charge is 0.384 e. The van der Waals surface area contributed by atoms with Crippen molar-refractivity contribution in [2.75, 3.05) is 58.6 Å². The second-order valence-corrected chi connectivity index (χ2v) is 11.2. The lowest BCUT2D eigenvalue weighted by Crippen LogP contribution is -2.35. The summed E-state index contributed by atoms with van der Waals surface area (Å²) in [6, 6.07) is 6.13. The minimum atomic E-state index is -0.120. The molecule has 1 saturated carbocycles. The molecule has 208 valence electrons. The van der Waals surface area contributed by atoms with Crippen LogP contribution in [0.5, 0.6) is 0 Å². The van der Waals surface area contributed by atoms with Gasteiger partial charge in [0.25, 0.3) is 0 Å². The van der Waals surface area contributed by atoms with Crippen molar-refractivity contribution in [3.8, 4) is 5.69 Å². The summed E-state index contributed by atoms with van der Waals surface area (Å²) in [5.74, 6) is 1.23. The van der Waals surface area contributed by atoms with Crippen LogP contribution in [0, 0.1) is 5.92 Å². The van der Waals surface area contributed by atoms with E-state index in [2.05, 4.69) is 11.0 Å². The highest BCUT2D eigenvalue weighted by Gasteiger charge is 2.31. The summed E-state index contributed by atoms with van der Waals surface area (Å²) >= 11 is 0. The van der Waals surface area contributed by atoms with Gasteiger partial charge < -0.3 is 19.1 Å². The summed E-state index contributed by atoms with van der Waals surface area (Å²) < 4.78 is 18.2. The van der Waals surface area contributed by atoms with Gasteiger partial charge in [0.15, 0.2) is 5.65 Å². The van der Waals surface area contributed by atoms with Gasteiger partial charge in [0.05, 0.1) is 22.5 Å². The van der Waals surface area contributed by atoms with E-state index in [9.17, 15) is 4.79 Å². The Kier molecular flexibility index (Phi) is 7.90. The first-order valence-corrected chi connectivity index (χ1v) is 14.4. The van der Waals surface area contributed by atoms with E-state index in [1.165, 1.54) is 6.42 Å². The maximum absolute atomic E-state index is 13.1. The zero-order valence-electron chi connectivity index (χ0n) is 23.1. The van der Waals surface area contributed by atoms with Crippen LogP contribution in [0.25, 0.3) is 16.7 Å². The van der Waals surface area contributed by atoms with Crippen molar-refractivity contribution in [3.63, 3.8) is 0 Å². The van der Waals surface area contributed by atoms with E-state index in [1.54, 1.807) is 14.2 Å². The van der Waals surface area contributed by atoms with Gasteiger partial charge in [0.1, 0.15) is 12.3 Å². The molecular formula is C30H39N5O4. The number of ether oxygens (including phenoxy) is 3. The average Bonchev–Trinajstić information content (AvgIpc) is 3.32. The molecule has 0 spiro atoms. The second kappa shape index (κ2) is 11.7. The Morgan fingerprint density at radius 2 is 1.82 bits per heavy atom. The summed E-state index contributed by atoms with van der Waals surface area (Å²) in [6.45, 7) is 4.17. The minimum Gasteiger partial charge on any atom is -0.384 e. The third kappa shape index (κ3) is 5.32. The third-order valence-corrected chi connectivity index (χ3v) is 8.70.